The zero-order valence-electron chi connectivity index (χ0n) is 13.3. The highest BCUT2D eigenvalue weighted by Gasteiger charge is 2.41. The van der Waals surface area contributed by atoms with Crippen LogP contribution in [-0.2, 0) is 30.3 Å². The van der Waals surface area contributed by atoms with E-state index in [0.29, 0.717) is 6.42 Å². The van der Waals surface area contributed by atoms with E-state index in [2.05, 4.69) is 0 Å². The molecule has 1 aliphatic heterocycles. The number of esters is 1. The number of carbonyl (C=O) groups is 2. The average Bonchev–Trinajstić information content (AvgIpc) is 3.02. The molecule has 0 aromatic heterocycles. The molecule has 0 bridgehead atoms. The molecule has 7 heteroatoms. The maximum absolute atomic E-state index is 12.3. The van der Waals surface area contributed by atoms with Crippen molar-refractivity contribution in [2.75, 3.05) is 27.6 Å². The summed E-state index contributed by atoms with van der Waals surface area (Å²) in [5.41, 5.74) is 0.877. The highest BCUT2D eigenvalue weighted by molar-refractivity contribution is 5.82. The molecule has 126 valence electrons. The summed E-state index contributed by atoms with van der Waals surface area (Å²) in [5, 5.41) is 0. The minimum Gasteiger partial charge on any atom is -0.467 e. The summed E-state index contributed by atoms with van der Waals surface area (Å²) < 4.78 is 20.3. The lowest BCUT2D eigenvalue weighted by Gasteiger charge is -2.21. The number of carbonyl (C=O) groups excluding carboxylic acids is 2. The third-order valence-corrected chi connectivity index (χ3v) is 3.60. The Hall–Kier alpha value is -2.12. The quantitative estimate of drug-likeness (QED) is 0.584. The van der Waals surface area contributed by atoms with Gasteiger partial charge in [0.2, 0.25) is 0 Å². The van der Waals surface area contributed by atoms with Gasteiger partial charge >= 0.3 is 12.1 Å². The fourth-order valence-electron chi connectivity index (χ4n) is 2.45. The minimum atomic E-state index is -0.704. The second-order valence-corrected chi connectivity index (χ2v) is 5.16. The number of benzene rings is 1. The van der Waals surface area contributed by atoms with Gasteiger partial charge in [-0.25, -0.2) is 9.59 Å². The molecule has 0 spiro atoms. The summed E-state index contributed by atoms with van der Waals surface area (Å²) in [6, 6.07) is 8.64. The van der Waals surface area contributed by atoms with Crippen LogP contribution >= 0.6 is 0 Å². The predicted octanol–water partition coefficient (Wildman–Crippen LogP) is 1.56. The molecule has 2 unspecified atom stereocenters. The largest absolute Gasteiger partial charge is 0.467 e. The SMILES string of the molecule is COCOC1CC(C(=O)OC)N(C(=O)OCc2ccccc2)C1. The van der Waals surface area contributed by atoms with Crippen molar-refractivity contribution >= 4 is 12.1 Å². The van der Waals surface area contributed by atoms with Gasteiger partial charge in [-0.15, -0.1) is 0 Å². The lowest BCUT2D eigenvalue weighted by Crippen LogP contribution is -2.41. The van der Waals surface area contributed by atoms with Crippen LogP contribution < -0.4 is 0 Å². The summed E-state index contributed by atoms with van der Waals surface area (Å²) in [6.07, 6.45) is -0.493. The number of rotatable bonds is 6. The van der Waals surface area contributed by atoms with Crippen molar-refractivity contribution in [2.45, 2.75) is 25.2 Å². The Balaban J connectivity index is 1.96. The topological polar surface area (TPSA) is 74.3 Å². The van der Waals surface area contributed by atoms with Crippen LogP contribution in [-0.4, -0.2) is 56.7 Å². The van der Waals surface area contributed by atoms with Crippen LogP contribution in [0.25, 0.3) is 0 Å². The van der Waals surface area contributed by atoms with E-state index in [1.807, 2.05) is 30.3 Å². The van der Waals surface area contributed by atoms with E-state index < -0.39 is 18.1 Å². The number of likely N-dealkylation sites (tertiary alicyclic amines) is 1. The maximum atomic E-state index is 12.3. The summed E-state index contributed by atoms with van der Waals surface area (Å²) >= 11 is 0. The first-order chi connectivity index (χ1) is 11.2. The average molecular weight is 323 g/mol. The Bertz CT molecular complexity index is 521. The number of hydrogen-bond acceptors (Lipinski definition) is 6. The van der Waals surface area contributed by atoms with Crippen LogP contribution in [0, 0.1) is 0 Å². The number of hydrogen-bond donors (Lipinski definition) is 0. The molecule has 0 N–H and O–H groups in total. The van der Waals surface area contributed by atoms with E-state index in [1.165, 1.54) is 19.1 Å². The molecular weight excluding hydrogens is 302 g/mol. The van der Waals surface area contributed by atoms with E-state index in [9.17, 15) is 9.59 Å². The number of ether oxygens (including phenoxy) is 4. The molecule has 1 aromatic rings. The number of nitrogens with zero attached hydrogens (tertiary/aromatic N) is 1. The lowest BCUT2D eigenvalue weighted by molar-refractivity contribution is -0.145. The van der Waals surface area contributed by atoms with Crippen LogP contribution in [0.3, 0.4) is 0 Å². The fourth-order valence-corrected chi connectivity index (χ4v) is 2.45. The Kier molecular flexibility index (Phi) is 6.37. The van der Waals surface area contributed by atoms with Gasteiger partial charge in [-0.3, -0.25) is 4.90 Å². The molecule has 1 saturated heterocycles. The molecule has 0 radical (unpaired) electrons. The second-order valence-electron chi connectivity index (χ2n) is 5.16. The standard InChI is InChI=1S/C16H21NO6/c1-20-11-23-13-8-14(15(18)21-2)17(9-13)16(19)22-10-12-6-4-3-5-7-12/h3-7,13-14H,8-11H2,1-2H3. The van der Waals surface area contributed by atoms with Gasteiger partial charge < -0.3 is 18.9 Å². The highest BCUT2D eigenvalue weighted by atomic mass is 16.7. The summed E-state index contributed by atoms with van der Waals surface area (Å²) in [6.45, 7) is 0.510. The van der Waals surface area contributed by atoms with Crippen LogP contribution in [0.5, 0.6) is 0 Å². The predicted molar refractivity (Wildman–Crippen MR) is 80.5 cm³/mol. The zero-order valence-corrected chi connectivity index (χ0v) is 13.3. The van der Waals surface area contributed by atoms with Gasteiger partial charge in [0.05, 0.1) is 19.8 Å². The van der Waals surface area contributed by atoms with E-state index in [-0.39, 0.29) is 26.0 Å². The number of methoxy groups -OCH3 is 2. The molecule has 1 fully saturated rings. The van der Waals surface area contributed by atoms with E-state index >= 15 is 0 Å². The van der Waals surface area contributed by atoms with E-state index in [1.54, 1.807) is 0 Å². The first-order valence-corrected chi connectivity index (χ1v) is 7.31. The third kappa shape index (κ3) is 4.67. The van der Waals surface area contributed by atoms with Crippen molar-refractivity contribution in [3.05, 3.63) is 35.9 Å². The minimum absolute atomic E-state index is 0.103. The maximum Gasteiger partial charge on any atom is 0.410 e. The molecule has 7 nitrogen and oxygen atoms in total. The normalized spacial score (nSPS) is 20.3. The molecule has 1 aromatic carbocycles. The summed E-state index contributed by atoms with van der Waals surface area (Å²) in [5.74, 6) is -0.481. The van der Waals surface area contributed by atoms with Crippen molar-refractivity contribution in [1.29, 1.82) is 0 Å². The van der Waals surface area contributed by atoms with Crippen LogP contribution in [0.4, 0.5) is 4.79 Å². The Morgan fingerprint density at radius 3 is 2.61 bits per heavy atom. The monoisotopic (exact) mass is 323 g/mol. The van der Waals surface area contributed by atoms with Gasteiger partial charge in [-0.05, 0) is 5.56 Å². The fraction of sp³-hybridized carbons (Fsp3) is 0.500. The van der Waals surface area contributed by atoms with E-state index in [4.69, 9.17) is 18.9 Å². The Labute approximate surface area is 135 Å². The van der Waals surface area contributed by atoms with Crippen molar-refractivity contribution in [2.24, 2.45) is 0 Å². The zero-order chi connectivity index (χ0) is 16.7. The van der Waals surface area contributed by atoms with Gasteiger partial charge in [0, 0.05) is 13.5 Å². The van der Waals surface area contributed by atoms with Crippen LogP contribution in [0.1, 0.15) is 12.0 Å². The van der Waals surface area contributed by atoms with Crippen molar-refractivity contribution in [3.63, 3.8) is 0 Å². The molecule has 23 heavy (non-hydrogen) atoms. The van der Waals surface area contributed by atoms with Gasteiger partial charge in [-0.2, -0.15) is 0 Å². The van der Waals surface area contributed by atoms with E-state index in [0.717, 1.165) is 5.56 Å². The van der Waals surface area contributed by atoms with Gasteiger partial charge in [0.15, 0.2) is 0 Å². The molecule has 0 saturated carbocycles. The van der Waals surface area contributed by atoms with Crippen molar-refractivity contribution in [1.82, 2.24) is 4.90 Å². The van der Waals surface area contributed by atoms with Crippen molar-refractivity contribution < 1.29 is 28.5 Å². The second kappa shape index (κ2) is 8.50. The van der Waals surface area contributed by atoms with Gasteiger partial charge in [-0.1, -0.05) is 30.3 Å². The third-order valence-electron chi connectivity index (χ3n) is 3.60. The Morgan fingerprint density at radius 2 is 1.96 bits per heavy atom. The first kappa shape index (κ1) is 17.2. The van der Waals surface area contributed by atoms with Gasteiger partial charge in [0.25, 0.3) is 0 Å². The summed E-state index contributed by atoms with van der Waals surface area (Å²) in [4.78, 5) is 25.5. The summed E-state index contributed by atoms with van der Waals surface area (Å²) in [7, 11) is 2.80. The molecule has 0 aliphatic carbocycles. The highest BCUT2D eigenvalue weighted by Crippen LogP contribution is 2.23. The molecular formula is C16H21NO6. The number of amides is 1. The molecule has 1 heterocycles. The first-order valence-electron chi connectivity index (χ1n) is 7.31. The molecule has 2 rings (SSSR count). The lowest BCUT2D eigenvalue weighted by atomic mass is 10.2. The Morgan fingerprint density at radius 1 is 1.22 bits per heavy atom. The molecule has 1 aliphatic rings. The smallest absolute Gasteiger partial charge is 0.410 e. The molecule has 1 amide bonds. The van der Waals surface area contributed by atoms with Crippen LogP contribution in [0.2, 0.25) is 0 Å². The van der Waals surface area contributed by atoms with Gasteiger partial charge in [0.1, 0.15) is 19.4 Å². The van der Waals surface area contributed by atoms with Crippen LogP contribution in [0.15, 0.2) is 30.3 Å². The van der Waals surface area contributed by atoms with Crippen molar-refractivity contribution in [3.8, 4) is 0 Å². The molecule has 2 atom stereocenters.